The van der Waals surface area contributed by atoms with Gasteiger partial charge >= 0.3 is 0 Å². The van der Waals surface area contributed by atoms with Gasteiger partial charge < -0.3 is 10.4 Å². The molecule has 0 aliphatic heterocycles. The molecule has 0 aliphatic rings. The van der Waals surface area contributed by atoms with E-state index in [4.69, 9.17) is 11.6 Å². The summed E-state index contributed by atoms with van der Waals surface area (Å²) in [5, 5.41) is 24.0. The van der Waals surface area contributed by atoms with Crippen LogP contribution in [0.4, 0.5) is 4.39 Å². The Kier molecular flexibility index (Phi) is 6.24. The molecular weight excluding hydrogens is 397 g/mol. The second-order valence-corrected chi connectivity index (χ2v) is 7.49. The number of amides is 1. The first-order valence-corrected chi connectivity index (χ1v) is 9.48. The lowest BCUT2D eigenvalue weighted by molar-refractivity contribution is 0.0922. The Labute approximate surface area is 172 Å². The fourth-order valence-electron chi connectivity index (χ4n) is 2.83. The molecule has 0 aliphatic carbocycles. The molecule has 0 radical (unpaired) electrons. The van der Waals surface area contributed by atoms with Crippen molar-refractivity contribution in [2.24, 2.45) is 0 Å². The van der Waals surface area contributed by atoms with Gasteiger partial charge in [-0.3, -0.25) is 4.79 Å². The van der Waals surface area contributed by atoms with Crippen molar-refractivity contribution in [2.75, 3.05) is 6.61 Å². The van der Waals surface area contributed by atoms with Crippen LogP contribution in [0.3, 0.4) is 0 Å². The lowest BCUT2D eigenvalue weighted by atomic mass is 10.0. The summed E-state index contributed by atoms with van der Waals surface area (Å²) in [6.07, 6.45) is 0. The van der Waals surface area contributed by atoms with Crippen molar-refractivity contribution in [3.63, 3.8) is 0 Å². The Morgan fingerprint density at radius 3 is 2.66 bits per heavy atom. The van der Waals surface area contributed by atoms with Crippen molar-refractivity contribution in [3.8, 4) is 16.8 Å². The summed E-state index contributed by atoms with van der Waals surface area (Å²) in [6, 6.07) is 8.83. The summed E-state index contributed by atoms with van der Waals surface area (Å²) in [5.74, 6) is -0.268. The van der Waals surface area contributed by atoms with Crippen LogP contribution in [0.5, 0.6) is 0 Å². The lowest BCUT2D eigenvalue weighted by Crippen LogP contribution is -2.35. The molecule has 2 N–H and O–H groups in total. The van der Waals surface area contributed by atoms with Gasteiger partial charge in [0.25, 0.3) is 5.91 Å². The number of hydrogen-bond donors (Lipinski definition) is 2. The fourth-order valence-corrected chi connectivity index (χ4v) is 2.99. The molecule has 0 saturated heterocycles. The number of halogens is 2. The number of nitrogens with one attached hydrogen (secondary N) is 1. The van der Waals surface area contributed by atoms with E-state index < -0.39 is 17.8 Å². The maximum Gasteiger partial charge on any atom is 0.251 e. The second-order valence-electron chi connectivity index (χ2n) is 7.05. The van der Waals surface area contributed by atoms with Gasteiger partial charge in [-0.05, 0) is 59.3 Å². The smallest absolute Gasteiger partial charge is 0.251 e. The van der Waals surface area contributed by atoms with E-state index in [-0.39, 0.29) is 23.1 Å². The van der Waals surface area contributed by atoms with Gasteiger partial charge in [-0.1, -0.05) is 25.4 Å². The predicted octanol–water partition coefficient (Wildman–Crippen LogP) is 3.36. The van der Waals surface area contributed by atoms with Gasteiger partial charge in [-0.15, -0.1) is 5.10 Å². The van der Waals surface area contributed by atoms with E-state index in [2.05, 4.69) is 20.8 Å². The molecule has 3 rings (SSSR count). The number of aliphatic hydroxyl groups is 1. The lowest BCUT2D eigenvalue weighted by Gasteiger charge is -2.15. The average molecular weight is 418 g/mol. The van der Waals surface area contributed by atoms with Crippen molar-refractivity contribution in [3.05, 3.63) is 58.6 Å². The van der Waals surface area contributed by atoms with Gasteiger partial charge in [0.1, 0.15) is 5.82 Å². The molecule has 7 nitrogen and oxygen atoms in total. The van der Waals surface area contributed by atoms with Gasteiger partial charge in [0.15, 0.2) is 5.82 Å². The molecular formula is C20H21ClFN5O2. The summed E-state index contributed by atoms with van der Waals surface area (Å²) in [7, 11) is 0. The second kappa shape index (κ2) is 8.67. The quantitative estimate of drug-likeness (QED) is 0.641. The molecule has 1 aromatic heterocycles. The highest BCUT2D eigenvalue weighted by atomic mass is 35.5. The van der Waals surface area contributed by atoms with Gasteiger partial charge in [-0.25, -0.2) is 4.39 Å². The average Bonchev–Trinajstić information content (AvgIpc) is 3.17. The maximum atomic E-state index is 14.6. The molecule has 9 heteroatoms. The Morgan fingerprint density at radius 2 is 2.00 bits per heavy atom. The number of nitrogens with zero attached hydrogens (tertiary/aromatic N) is 4. The summed E-state index contributed by atoms with van der Waals surface area (Å²) in [6.45, 7) is 5.37. The number of aromatic nitrogens is 4. The Morgan fingerprint density at radius 1 is 1.24 bits per heavy atom. The highest BCUT2D eigenvalue weighted by Gasteiger charge is 2.18. The third kappa shape index (κ3) is 4.60. The van der Waals surface area contributed by atoms with Crippen LogP contribution in [0.1, 0.15) is 42.9 Å². The molecule has 29 heavy (non-hydrogen) atoms. The van der Waals surface area contributed by atoms with Crippen LogP contribution < -0.4 is 5.32 Å². The van der Waals surface area contributed by atoms with Gasteiger partial charge in [0, 0.05) is 28.1 Å². The van der Waals surface area contributed by atoms with Crippen LogP contribution >= 0.6 is 11.6 Å². The monoisotopic (exact) mass is 417 g/mol. The minimum absolute atomic E-state index is 0.0348. The number of hydrogen-bond acceptors (Lipinski definition) is 5. The molecule has 0 saturated carbocycles. The van der Waals surface area contributed by atoms with Crippen LogP contribution in [0.2, 0.25) is 5.02 Å². The number of rotatable bonds is 6. The van der Waals surface area contributed by atoms with E-state index in [1.165, 1.54) is 10.7 Å². The molecule has 0 spiro atoms. The zero-order valence-electron chi connectivity index (χ0n) is 16.2. The third-order valence-electron chi connectivity index (χ3n) is 4.33. The highest BCUT2D eigenvalue weighted by molar-refractivity contribution is 6.30. The summed E-state index contributed by atoms with van der Waals surface area (Å²) < 4.78 is 16.1. The molecule has 3 aromatic rings. The topological polar surface area (TPSA) is 92.9 Å². The minimum atomic E-state index is -0.509. The molecule has 152 valence electrons. The van der Waals surface area contributed by atoms with Gasteiger partial charge in [-0.2, -0.15) is 4.68 Å². The highest BCUT2D eigenvalue weighted by Crippen LogP contribution is 2.29. The molecule has 2 aromatic carbocycles. The molecule has 0 unspecified atom stereocenters. The zero-order chi connectivity index (χ0) is 21.1. The van der Waals surface area contributed by atoms with Gasteiger partial charge in [0.2, 0.25) is 0 Å². The van der Waals surface area contributed by atoms with E-state index in [1.54, 1.807) is 37.3 Å². The SMILES string of the molecule is CC(C)c1nnnn1-c1cc(C(=O)N[C@@H](C)CO)cc(-c2ccc(Cl)cc2F)c1. The zero-order valence-corrected chi connectivity index (χ0v) is 17.0. The number of carbonyl (C=O) groups excluding carboxylic acids is 1. The molecule has 1 heterocycles. The summed E-state index contributed by atoms with van der Waals surface area (Å²) in [5.41, 5.74) is 1.58. The van der Waals surface area contributed by atoms with Crippen LogP contribution in [0, 0.1) is 5.82 Å². The maximum absolute atomic E-state index is 14.6. The first-order chi connectivity index (χ1) is 13.8. The largest absolute Gasteiger partial charge is 0.394 e. The standard InChI is InChI=1S/C20H21ClFN5O2/c1-11(2)19-24-25-26-27(19)16-7-13(17-5-4-15(21)9-18(17)22)6-14(8-16)20(29)23-12(3)10-28/h4-9,11-12,28H,10H2,1-3H3,(H,23,29)/t12-/m0/s1. The number of carbonyl (C=O) groups is 1. The van der Waals surface area contributed by atoms with E-state index in [1.807, 2.05) is 13.8 Å². The van der Waals surface area contributed by atoms with E-state index >= 15 is 0 Å². The normalized spacial score (nSPS) is 12.2. The van der Waals surface area contributed by atoms with Crippen molar-refractivity contribution in [1.82, 2.24) is 25.5 Å². The Balaban J connectivity index is 2.16. The first-order valence-electron chi connectivity index (χ1n) is 9.11. The number of benzene rings is 2. The fraction of sp³-hybridized carbons (Fsp3) is 0.300. The van der Waals surface area contributed by atoms with Crippen LogP contribution in [0.25, 0.3) is 16.8 Å². The first kappa shape index (κ1) is 20.9. The van der Waals surface area contributed by atoms with Crippen LogP contribution in [0.15, 0.2) is 36.4 Å². The summed E-state index contributed by atoms with van der Waals surface area (Å²) >= 11 is 5.87. The van der Waals surface area contributed by atoms with E-state index in [9.17, 15) is 14.3 Å². The van der Waals surface area contributed by atoms with E-state index in [0.717, 1.165) is 0 Å². The third-order valence-corrected chi connectivity index (χ3v) is 4.56. The van der Waals surface area contributed by atoms with Crippen molar-refractivity contribution in [1.29, 1.82) is 0 Å². The van der Waals surface area contributed by atoms with E-state index in [0.29, 0.717) is 22.6 Å². The van der Waals surface area contributed by atoms with Crippen molar-refractivity contribution >= 4 is 17.5 Å². The molecule has 0 bridgehead atoms. The van der Waals surface area contributed by atoms with Crippen LogP contribution in [-0.2, 0) is 0 Å². The minimum Gasteiger partial charge on any atom is -0.394 e. The molecule has 0 fully saturated rings. The number of aliphatic hydroxyl groups excluding tert-OH is 1. The summed E-state index contributed by atoms with van der Waals surface area (Å²) in [4.78, 5) is 12.7. The predicted molar refractivity (Wildman–Crippen MR) is 108 cm³/mol. The van der Waals surface area contributed by atoms with Crippen LogP contribution in [-0.4, -0.2) is 43.9 Å². The van der Waals surface area contributed by atoms with Gasteiger partial charge in [0.05, 0.1) is 12.3 Å². The number of tetrazole rings is 1. The Bertz CT molecular complexity index is 1040. The Hall–Kier alpha value is -2.84. The van der Waals surface area contributed by atoms with Crippen molar-refractivity contribution in [2.45, 2.75) is 32.7 Å². The van der Waals surface area contributed by atoms with Crippen molar-refractivity contribution < 1.29 is 14.3 Å². The molecule has 1 atom stereocenters. The molecule has 1 amide bonds.